The number of nitrogens with zero attached hydrogens (tertiary/aromatic N) is 4. The van der Waals surface area contributed by atoms with E-state index >= 15 is 0 Å². The second-order valence-corrected chi connectivity index (χ2v) is 10.4. The summed E-state index contributed by atoms with van der Waals surface area (Å²) in [5.41, 5.74) is 1.18. The van der Waals surface area contributed by atoms with Gasteiger partial charge < -0.3 is 18.6 Å². The van der Waals surface area contributed by atoms with E-state index in [4.69, 9.17) is 9.15 Å². The maximum absolute atomic E-state index is 13.5. The molecular weight excluding hydrogens is 416 g/mol. The van der Waals surface area contributed by atoms with Crippen molar-refractivity contribution in [3.63, 3.8) is 0 Å². The standard InChI is InChI=1S/C22H28N4O4S/c1-15-23-13-16(29-15)14-26-19-8-6-5-7-18(19)24-20(26)31(28)17-9-11-25(12-10-17)21(27)30-22(2,3)4/h5-8,13,17H,9-12,14H2,1-4H3. The lowest BCUT2D eigenvalue weighted by atomic mass is 10.1. The molecule has 1 aliphatic heterocycles. The molecule has 0 aliphatic carbocycles. The molecule has 3 aromatic rings. The zero-order chi connectivity index (χ0) is 22.2. The van der Waals surface area contributed by atoms with Gasteiger partial charge in [-0.15, -0.1) is 0 Å². The molecule has 0 bridgehead atoms. The number of likely N-dealkylation sites (tertiary alicyclic amines) is 1. The summed E-state index contributed by atoms with van der Waals surface area (Å²) in [6, 6.07) is 7.75. The molecule has 0 radical (unpaired) electrons. The number of imidazole rings is 1. The van der Waals surface area contributed by atoms with Crippen LogP contribution in [-0.4, -0.2) is 53.7 Å². The Bertz CT molecular complexity index is 1110. The van der Waals surface area contributed by atoms with Crippen molar-refractivity contribution in [2.75, 3.05) is 13.1 Å². The number of amides is 1. The number of oxazole rings is 1. The average Bonchev–Trinajstić information content (AvgIpc) is 3.30. The fraction of sp³-hybridized carbons (Fsp3) is 0.500. The van der Waals surface area contributed by atoms with Gasteiger partial charge in [-0.1, -0.05) is 12.1 Å². The lowest BCUT2D eigenvalue weighted by molar-refractivity contribution is 0.0218. The number of para-hydroxylation sites is 2. The zero-order valence-electron chi connectivity index (χ0n) is 18.3. The summed E-state index contributed by atoms with van der Waals surface area (Å²) in [7, 11) is -1.32. The molecule has 1 saturated heterocycles. The first-order valence-corrected chi connectivity index (χ1v) is 11.7. The Balaban J connectivity index is 1.53. The van der Waals surface area contributed by atoms with Crippen molar-refractivity contribution < 1.29 is 18.2 Å². The van der Waals surface area contributed by atoms with Crippen molar-refractivity contribution in [3.8, 4) is 0 Å². The van der Waals surface area contributed by atoms with Crippen molar-refractivity contribution in [1.82, 2.24) is 19.4 Å². The first kappa shape index (κ1) is 21.5. The maximum atomic E-state index is 13.5. The van der Waals surface area contributed by atoms with E-state index in [1.54, 1.807) is 18.0 Å². The molecule has 166 valence electrons. The summed E-state index contributed by atoms with van der Waals surface area (Å²) in [5, 5.41) is 0.455. The highest BCUT2D eigenvalue weighted by Gasteiger charge is 2.32. The Morgan fingerprint density at radius 3 is 2.61 bits per heavy atom. The molecule has 1 aromatic carbocycles. The van der Waals surface area contributed by atoms with Gasteiger partial charge in [0.25, 0.3) is 0 Å². The summed E-state index contributed by atoms with van der Waals surface area (Å²) in [5.74, 6) is 1.29. The van der Waals surface area contributed by atoms with E-state index in [1.807, 2.05) is 49.6 Å². The number of hydrogen-bond acceptors (Lipinski definition) is 6. The highest BCUT2D eigenvalue weighted by atomic mass is 32.2. The number of hydrogen-bond donors (Lipinski definition) is 0. The molecule has 1 fully saturated rings. The van der Waals surface area contributed by atoms with Crippen LogP contribution < -0.4 is 0 Å². The third-order valence-electron chi connectivity index (χ3n) is 5.18. The molecule has 3 heterocycles. The molecule has 9 heteroatoms. The van der Waals surface area contributed by atoms with Crippen LogP contribution in [0.2, 0.25) is 0 Å². The van der Waals surface area contributed by atoms with Gasteiger partial charge in [-0.05, 0) is 45.7 Å². The molecule has 8 nitrogen and oxygen atoms in total. The lowest BCUT2D eigenvalue weighted by Gasteiger charge is -2.32. The molecule has 4 rings (SSSR count). The number of aryl methyl sites for hydroxylation is 1. The van der Waals surface area contributed by atoms with Crippen LogP contribution in [0.4, 0.5) is 4.79 Å². The predicted molar refractivity (Wildman–Crippen MR) is 117 cm³/mol. The smallest absolute Gasteiger partial charge is 0.410 e. The Morgan fingerprint density at radius 1 is 1.26 bits per heavy atom. The minimum atomic E-state index is -1.32. The third kappa shape index (κ3) is 4.81. The van der Waals surface area contributed by atoms with Gasteiger partial charge in [0.1, 0.15) is 11.4 Å². The fourth-order valence-electron chi connectivity index (χ4n) is 3.72. The van der Waals surface area contributed by atoms with Crippen molar-refractivity contribution in [3.05, 3.63) is 42.1 Å². The van der Waals surface area contributed by atoms with Crippen LogP contribution in [0.5, 0.6) is 0 Å². The van der Waals surface area contributed by atoms with Gasteiger partial charge >= 0.3 is 6.09 Å². The summed E-state index contributed by atoms with van der Waals surface area (Å²) < 4.78 is 26.6. The average molecular weight is 445 g/mol. The molecule has 2 aromatic heterocycles. The second-order valence-electron chi connectivity index (χ2n) is 8.78. The number of carbonyl (C=O) groups is 1. The van der Waals surface area contributed by atoms with Gasteiger partial charge in [-0.3, -0.25) is 4.21 Å². The molecular formula is C22H28N4O4S. The Hall–Kier alpha value is -2.68. The van der Waals surface area contributed by atoms with Crippen molar-refractivity contribution in [2.45, 2.75) is 63.1 Å². The Morgan fingerprint density at radius 2 is 1.97 bits per heavy atom. The fourth-order valence-corrected chi connectivity index (χ4v) is 5.23. The van der Waals surface area contributed by atoms with Crippen LogP contribution in [-0.2, 0) is 22.1 Å². The summed E-state index contributed by atoms with van der Waals surface area (Å²) >= 11 is 0. The highest BCUT2D eigenvalue weighted by molar-refractivity contribution is 7.85. The van der Waals surface area contributed by atoms with E-state index < -0.39 is 16.4 Å². The Labute approximate surface area is 184 Å². The SMILES string of the molecule is Cc1ncc(Cn2c(S(=O)C3CCN(C(=O)OC(C)(C)C)CC3)nc3ccccc32)o1. The van der Waals surface area contributed by atoms with Crippen LogP contribution in [0.15, 0.2) is 40.0 Å². The summed E-state index contributed by atoms with van der Waals surface area (Å²) in [6.07, 6.45) is 2.65. The van der Waals surface area contributed by atoms with Crippen LogP contribution in [0.3, 0.4) is 0 Å². The summed E-state index contributed by atoms with van der Waals surface area (Å²) in [6.45, 7) is 8.82. The van der Waals surface area contributed by atoms with E-state index in [0.717, 1.165) is 11.0 Å². The quantitative estimate of drug-likeness (QED) is 0.606. The molecule has 31 heavy (non-hydrogen) atoms. The van der Waals surface area contributed by atoms with E-state index in [9.17, 15) is 9.00 Å². The lowest BCUT2D eigenvalue weighted by Crippen LogP contribution is -2.44. The van der Waals surface area contributed by atoms with Crippen LogP contribution in [0.25, 0.3) is 11.0 Å². The van der Waals surface area contributed by atoms with Gasteiger partial charge in [0.15, 0.2) is 5.89 Å². The molecule has 1 amide bonds. The second kappa shape index (κ2) is 8.45. The molecule has 0 saturated carbocycles. The number of fused-ring (bicyclic) bond motifs is 1. The normalized spacial score (nSPS) is 16.6. The topological polar surface area (TPSA) is 90.5 Å². The van der Waals surface area contributed by atoms with Gasteiger partial charge in [-0.25, -0.2) is 14.8 Å². The molecule has 1 atom stereocenters. The first-order valence-electron chi connectivity index (χ1n) is 10.5. The zero-order valence-corrected chi connectivity index (χ0v) is 19.1. The molecule has 0 N–H and O–H groups in total. The number of rotatable bonds is 4. The van der Waals surface area contributed by atoms with Gasteiger partial charge in [0.05, 0.1) is 34.6 Å². The first-order chi connectivity index (χ1) is 14.7. The van der Waals surface area contributed by atoms with E-state index in [0.29, 0.717) is 49.3 Å². The monoisotopic (exact) mass is 444 g/mol. The van der Waals surface area contributed by atoms with Crippen molar-refractivity contribution in [2.24, 2.45) is 0 Å². The minimum absolute atomic E-state index is 0.0780. The van der Waals surface area contributed by atoms with Gasteiger partial charge in [0.2, 0.25) is 5.16 Å². The third-order valence-corrected chi connectivity index (χ3v) is 6.93. The van der Waals surface area contributed by atoms with E-state index in [1.165, 1.54) is 0 Å². The van der Waals surface area contributed by atoms with E-state index in [-0.39, 0.29) is 11.3 Å². The number of carbonyl (C=O) groups excluding carboxylic acids is 1. The van der Waals surface area contributed by atoms with E-state index in [2.05, 4.69) is 9.97 Å². The van der Waals surface area contributed by atoms with Crippen LogP contribution in [0.1, 0.15) is 45.3 Å². The Kier molecular flexibility index (Phi) is 5.88. The van der Waals surface area contributed by atoms with Crippen molar-refractivity contribution >= 4 is 27.9 Å². The van der Waals surface area contributed by atoms with Crippen LogP contribution in [0, 0.1) is 6.92 Å². The predicted octanol–water partition coefficient (Wildman–Crippen LogP) is 3.89. The maximum Gasteiger partial charge on any atom is 0.410 e. The summed E-state index contributed by atoms with van der Waals surface area (Å²) in [4.78, 5) is 22.9. The number of benzene rings is 1. The van der Waals surface area contributed by atoms with Gasteiger partial charge in [-0.2, -0.15) is 0 Å². The largest absolute Gasteiger partial charge is 0.444 e. The molecule has 0 spiro atoms. The number of aromatic nitrogens is 3. The molecule has 1 unspecified atom stereocenters. The van der Waals surface area contributed by atoms with Gasteiger partial charge in [0, 0.05) is 25.3 Å². The number of ether oxygens (including phenoxy) is 1. The molecule has 1 aliphatic rings. The highest BCUT2D eigenvalue weighted by Crippen LogP contribution is 2.26. The number of piperidine rings is 1. The van der Waals surface area contributed by atoms with Crippen molar-refractivity contribution in [1.29, 1.82) is 0 Å². The minimum Gasteiger partial charge on any atom is -0.444 e. The van der Waals surface area contributed by atoms with Crippen LogP contribution >= 0.6 is 0 Å².